The Balaban J connectivity index is 2.49. The fourth-order valence-electron chi connectivity index (χ4n) is 3.29. The number of allylic oxidation sites excluding steroid dienone is 1. The Morgan fingerprint density at radius 3 is 2.00 bits per heavy atom. The van der Waals surface area contributed by atoms with Gasteiger partial charge in [-0.25, -0.2) is 0 Å². The third-order valence-corrected chi connectivity index (χ3v) is 5.37. The summed E-state index contributed by atoms with van der Waals surface area (Å²) in [5.41, 5.74) is 0.334. The van der Waals surface area contributed by atoms with E-state index in [0.29, 0.717) is 6.42 Å². The second kappa shape index (κ2) is 11.4. The van der Waals surface area contributed by atoms with Gasteiger partial charge in [-0.1, -0.05) is 44.4 Å². The Hall–Kier alpha value is -1.29. The van der Waals surface area contributed by atoms with Gasteiger partial charge < -0.3 is 4.48 Å². The minimum absolute atomic E-state index is 0.582. The summed E-state index contributed by atoms with van der Waals surface area (Å²) in [6, 6.07) is 5.47. The molecule has 0 aliphatic rings. The van der Waals surface area contributed by atoms with Crippen LogP contribution in [0.2, 0.25) is 0 Å². The molecule has 0 amide bonds. The molecule has 0 saturated heterocycles. The highest BCUT2D eigenvalue weighted by atomic mass is 19.4. The van der Waals surface area contributed by atoms with Crippen molar-refractivity contribution in [3.05, 3.63) is 47.5 Å². The lowest BCUT2D eigenvalue weighted by atomic mass is 10.1. The molecule has 1 rings (SSSR count). The molecule has 0 aromatic heterocycles. The van der Waals surface area contributed by atoms with Crippen molar-refractivity contribution in [2.24, 2.45) is 0 Å². The van der Waals surface area contributed by atoms with Gasteiger partial charge >= 0.3 is 6.18 Å². The predicted octanol–water partition coefficient (Wildman–Crippen LogP) is 6.63. The van der Waals surface area contributed by atoms with Crippen LogP contribution in [0.4, 0.5) is 13.2 Å². The monoisotopic (exact) mass is 370 g/mol. The molecule has 0 radical (unpaired) electrons. The van der Waals surface area contributed by atoms with E-state index in [1.54, 1.807) is 12.1 Å². The Morgan fingerprint density at radius 2 is 1.46 bits per heavy atom. The van der Waals surface area contributed by atoms with Crippen molar-refractivity contribution in [1.82, 2.24) is 0 Å². The fraction of sp³-hybridized carbons (Fsp3) is 0.636. The molecule has 0 spiro atoms. The van der Waals surface area contributed by atoms with E-state index in [0.717, 1.165) is 41.8 Å². The van der Waals surface area contributed by atoms with Crippen molar-refractivity contribution in [3.8, 4) is 0 Å². The number of rotatable bonds is 12. The quantitative estimate of drug-likeness (QED) is 0.220. The van der Waals surface area contributed by atoms with E-state index in [1.165, 1.54) is 38.6 Å². The highest BCUT2D eigenvalue weighted by molar-refractivity contribution is 5.25. The van der Waals surface area contributed by atoms with Gasteiger partial charge in [0.05, 0.1) is 31.7 Å². The maximum atomic E-state index is 12.6. The molecule has 148 valence electrons. The van der Waals surface area contributed by atoms with Crippen LogP contribution >= 0.6 is 0 Å². The molecule has 0 heterocycles. The van der Waals surface area contributed by atoms with Crippen LogP contribution in [-0.4, -0.2) is 30.7 Å². The van der Waals surface area contributed by atoms with E-state index in [2.05, 4.69) is 32.9 Å². The van der Waals surface area contributed by atoms with Gasteiger partial charge in [-0.05, 0) is 56.9 Å². The van der Waals surface area contributed by atoms with Crippen LogP contribution in [0, 0.1) is 0 Å². The molecular formula is C22H35F3N+. The first kappa shape index (κ1) is 22.8. The van der Waals surface area contributed by atoms with E-state index >= 15 is 0 Å². The molecule has 0 N–H and O–H groups in total. The molecule has 26 heavy (non-hydrogen) atoms. The highest BCUT2D eigenvalue weighted by Crippen LogP contribution is 2.29. The van der Waals surface area contributed by atoms with Gasteiger partial charge in [0, 0.05) is 0 Å². The summed E-state index contributed by atoms with van der Waals surface area (Å²) >= 11 is 0. The number of benzene rings is 1. The van der Waals surface area contributed by atoms with E-state index in [9.17, 15) is 13.2 Å². The van der Waals surface area contributed by atoms with Gasteiger partial charge in [0.2, 0.25) is 0 Å². The first-order valence-electron chi connectivity index (χ1n) is 10.0. The van der Waals surface area contributed by atoms with Crippen LogP contribution in [0.5, 0.6) is 0 Å². The largest absolute Gasteiger partial charge is 0.416 e. The lowest BCUT2D eigenvalue weighted by Gasteiger charge is -2.36. The number of halogens is 3. The summed E-state index contributed by atoms with van der Waals surface area (Å²) < 4.78 is 38.9. The Morgan fingerprint density at radius 1 is 0.846 bits per heavy atom. The second-order valence-corrected chi connectivity index (χ2v) is 7.16. The second-order valence-electron chi connectivity index (χ2n) is 7.16. The molecule has 0 bridgehead atoms. The molecule has 4 heteroatoms. The number of unbranched alkanes of at least 4 members (excludes halogenated alkanes) is 4. The van der Waals surface area contributed by atoms with Crippen LogP contribution in [0.1, 0.15) is 64.0 Å². The third kappa shape index (κ3) is 7.94. The van der Waals surface area contributed by atoms with Crippen LogP contribution in [-0.2, 0) is 12.6 Å². The average Bonchev–Trinajstić information content (AvgIpc) is 2.63. The van der Waals surface area contributed by atoms with Crippen LogP contribution in [0.25, 0.3) is 0 Å². The number of alkyl halides is 3. The number of quaternary nitrogens is 1. The van der Waals surface area contributed by atoms with Crippen LogP contribution in [0.3, 0.4) is 0 Å². The standard InChI is InChI=1S/C22H35F3N/c1-4-7-8-9-11-18-26(5-2,6-3)19-12-10-13-20-14-16-21(17-15-20)22(23,24)25/h10,12,14-17H,4-9,11,13,18-19H2,1-3H3/q+1/b12-10+. The first-order chi connectivity index (χ1) is 12.4. The number of hydrogen-bond acceptors (Lipinski definition) is 0. The van der Waals surface area contributed by atoms with Gasteiger partial charge in [-0.15, -0.1) is 0 Å². The molecule has 0 fully saturated rings. The smallest absolute Gasteiger partial charge is 0.321 e. The lowest BCUT2D eigenvalue weighted by molar-refractivity contribution is -0.919. The maximum Gasteiger partial charge on any atom is 0.416 e. The zero-order valence-corrected chi connectivity index (χ0v) is 16.6. The van der Waals surface area contributed by atoms with E-state index in [1.807, 2.05) is 0 Å². The van der Waals surface area contributed by atoms with Crippen molar-refractivity contribution in [2.45, 2.75) is 65.5 Å². The lowest BCUT2D eigenvalue weighted by Crippen LogP contribution is -2.48. The molecule has 0 atom stereocenters. The fourth-order valence-corrected chi connectivity index (χ4v) is 3.29. The van der Waals surface area contributed by atoms with Gasteiger partial charge in [0.25, 0.3) is 0 Å². The van der Waals surface area contributed by atoms with Gasteiger partial charge in [-0.2, -0.15) is 13.2 Å². The Bertz CT molecular complexity index is 513. The summed E-state index contributed by atoms with van der Waals surface area (Å²) in [6.45, 7) is 11.2. The Kier molecular flexibility index (Phi) is 10.0. The van der Waals surface area contributed by atoms with Crippen molar-refractivity contribution in [3.63, 3.8) is 0 Å². The summed E-state index contributed by atoms with van der Waals surface area (Å²) in [5, 5.41) is 0. The molecule has 1 aromatic carbocycles. The molecule has 0 saturated carbocycles. The van der Waals surface area contributed by atoms with Crippen molar-refractivity contribution in [1.29, 1.82) is 0 Å². The zero-order chi connectivity index (χ0) is 19.5. The van der Waals surface area contributed by atoms with Crippen molar-refractivity contribution >= 4 is 0 Å². The van der Waals surface area contributed by atoms with Crippen LogP contribution < -0.4 is 0 Å². The van der Waals surface area contributed by atoms with Gasteiger partial charge in [-0.3, -0.25) is 0 Å². The normalized spacial score (nSPS) is 12.8. The predicted molar refractivity (Wildman–Crippen MR) is 104 cm³/mol. The first-order valence-corrected chi connectivity index (χ1v) is 10.0. The van der Waals surface area contributed by atoms with Gasteiger partial charge in [0.15, 0.2) is 0 Å². The summed E-state index contributed by atoms with van der Waals surface area (Å²) in [7, 11) is 0. The molecule has 0 unspecified atom stereocenters. The highest BCUT2D eigenvalue weighted by Gasteiger charge is 2.29. The summed E-state index contributed by atoms with van der Waals surface area (Å²) in [5.74, 6) is 0. The van der Waals surface area contributed by atoms with E-state index in [4.69, 9.17) is 0 Å². The Labute approximate surface area is 157 Å². The van der Waals surface area contributed by atoms with Crippen molar-refractivity contribution in [2.75, 3.05) is 26.2 Å². The molecule has 1 nitrogen and oxygen atoms in total. The van der Waals surface area contributed by atoms with Crippen molar-refractivity contribution < 1.29 is 17.7 Å². The molecule has 0 aliphatic carbocycles. The third-order valence-electron chi connectivity index (χ3n) is 5.37. The average molecular weight is 371 g/mol. The summed E-state index contributed by atoms with van der Waals surface area (Å²) in [6.07, 6.45) is 7.23. The van der Waals surface area contributed by atoms with Gasteiger partial charge in [0.1, 0.15) is 0 Å². The minimum Gasteiger partial charge on any atom is -0.321 e. The number of nitrogens with zero attached hydrogens (tertiary/aromatic N) is 1. The molecular weight excluding hydrogens is 335 g/mol. The molecule has 0 aliphatic heterocycles. The summed E-state index contributed by atoms with van der Waals surface area (Å²) in [4.78, 5) is 0. The zero-order valence-electron chi connectivity index (χ0n) is 16.6. The topological polar surface area (TPSA) is 0 Å². The number of likely N-dealkylation sites (N-methyl/N-ethyl adjacent to an activating group) is 1. The van der Waals surface area contributed by atoms with E-state index < -0.39 is 11.7 Å². The van der Waals surface area contributed by atoms with E-state index in [-0.39, 0.29) is 0 Å². The SMILES string of the molecule is CCCCCCC[N+](CC)(CC)C/C=C/Cc1ccc(C(F)(F)F)cc1. The minimum atomic E-state index is -4.26. The maximum absolute atomic E-state index is 12.6. The van der Waals surface area contributed by atoms with Crippen LogP contribution in [0.15, 0.2) is 36.4 Å². The number of hydrogen-bond donors (Lipinski definition) is 0. The molecule has 1 aromatic rings.